The van der Waals surface area contributed by atoms with Crippen molar-refractivity contribution >= 4 is 23.9 Å². The Hall–Kier alpha value is -1.76. The number of ketones is 1. The number of aliphatic hydroxyl groups is 1. The first-order valence-corrected chi connectivity index (χ1v) is 6.47. The van der Waals surface area contributed by atoms with Gasteiger partial charge in [0.05, 0.1) is 24.8 Å². The van der Waals surface area contributed by atoms with E-state index in [4.69, 9.17) is 15.3 Å². The Balaban J connectivity index is 4.60. The van der Waals surface area contributed by atoms with Crippen LogP contribution in [0.5, 0.6) is 0 Å². The van der Waals surface area contributed by atoms with Crippen LogP contribution in [0, 0.1) is 5.41 Å². The largest absolute Gasteiger partial charge is 0.461 e. The Bertz CT molecular complexity index is 366. The summed E-state index contributed by atoms with van der Waals surface area (Å²) in [6.45, 7) is 4.81. The van der Waals surface area contributed by atoms with E-state index >= 15 is 0 Å². The van der Waals surface area contributed by atoms with Crippen LogP contribution in [0.25, 0.3) is 0 Å². The van der Waals surface area contributed by atoms with Crippen LogP contribution in [-0.2, 0) is 19.1 Å². The van der Waals surface area contributed by atoms with Gasteiger partial charge in [0.25, 0.3) is 0 Å². The summed E-state index contributed by atoms with van der Waals surface area (Å²) in [7, 11) is 0. The average Bonchev–Trinajstić information content (AvgIpc) is 2.31. The SMILES string of the molecule is CC(C)OC(=O)[C@H](CCC(=O)C=N)NC(=O)C[C@@H](C)O. The lowest BCUT2D eigenvalue weighted by Gasteiger charge is -2.19. The normalized spacial score (nSPS) is 13.4. The molecule has 0 aromatic heterocycles. The third kappa shape index (κ3) is 8.36. The first-order valence-electron chi connectivity index (χ1n) is 6.47. The maximum atomic E-state index is 11.8. The molecular formula is C13H22N2O5. The van der Waals surface area contributed by atoms with Crippen LogP contribution in [0.3, 0.4) is 0 Å². The average molecular weight is 286 g/mol. The van der Waals surface area contributed by atoms with Gasteiger partial charge in [-0.25, -0.2) is 4.79 Å². The van der Waals surface area contributed by atoms with Gasteiger partial charge in [-0.3, -0.25) is 9.59 Å². The zero-order chi connectivity index (χ0) is 15.7. The van der Waals surface area contributed by atoms with E-state index in [1.807, 2.05) is 0 Å². The highest BCUT2D eigenvalue weighted by Gasteiger charge is 2.24. The molecule has 2 atom stereocenters. The minimum atomic E-state index is -0.951. The molecule has 114 valence electrons. The van der Waals surface area contributed by atoms with E-state index in [0.717, 1.165) is 0 Å². The van der Waals surface area contributed by atoms with E-state index in [0.29, 0.717) is 6.21 Å². The molecule has 0 aliphatic rings. The lowest BCUT2D eigenvalue weighted by molar-refractivity contribution is -0.151. The Labute approximate surface area is 118 Å². The van der Waals surface area contributed by atoms with E-state index in [1.54, 1.807) is 13.8 Å². The Morgan fingerprint density at radius 1 is 1.30 bits per heavy atom. The number of hydrogen-bond donors (Lipinski definition) is 3. The molecule has 0 spiro atoms. The van der Waals surface area contributed by atoms with Crippen LogP contribution in [0.15, 0.2) is 0 Å². The number of esters is 1. The number of rotatable bonds is 9. The van der Waals surface area contributed by atoms with Gasteiger partial charge in [-0.2, -0.15) is 0 Å². The van der Waals surface area contributed by atoms with E-state index in [9.17, 15) is 14.4 Å². The molecule has 1 amide bonds. The molecule has 0 aliphatic heterocycles. The highest BCUT2D eigenvalue weighted by Crippen LogP contribution is 2.04. The summed E-state index contributed by atoms with van der Waals surface area (Å²) >= 11 is 0. The molecular weight excluding hydrogens is 264 g/mol. The van der Waals surface area contributed by atoms with E-state index in [1.165, 1.54) is 6.92 Å². The molecule has 0 radical (unpaired) electrons. The van der Waals surface area contributed by atoms with E-state index < -0.39 is 29.8 Å². The second-order valence-corrected chi connectivity index (χ2v) is 4.81. The molecule has 0 fully saturated rings. The number of ether oxygens (including phenoxy) is 1. The molecule has 0 aliphatic carbocycles. The van der Waals surface area contributed by atoms with Crippen molar-refractivity contribution in [2.45, 2.75) is 58.3 Å². The van der Waals surface area contributed by atoms with Gasteiger partial charge in [-0.1, -0.05) is 0 Å². The van der Waals surface area contributed by atoms with Gasteiger partial charge in [-0.15, -0.1) is 0 Å². The predicted octanol–water partition coefficient (Wildman–Crippen LogP) is 0.193. The monoisotopic (exact) mass is 286 g/mol. The van der Waals surface area contributed by atoms with Crippen LogP contribution in [-0.4, -0.2) is 47.2 Å². The van der Waals surface area contributed by atoms with E-state index in [-0.39, 0.29) is 25.4 Å². The fourth-order valence-corrected chi connectivity index (χ4v) is 1.44. The summed E-state index contributed by atoms with van der Waals surface area (Å²) in [6.07, 6.45) is -0.592. The van der Waals surface area contributed by atoms with Gasteiger partial charge < -0.3 is 20.6 Å². The van der Waals surface area contributed by atoms with Crippen molar-refractivity contribution in [3.05, 3.63) is 0 Å². The lowest BCUT2D eigenvalue weighted by Crippen LogP contribution is -2.43. The molecule has 0 saturated heterocycles. The molecule has 0 unspecified atom stereocenters. The molecule has 7 heteroatoms. The van der Waals surface area contributed by atoms with Crippen LogP contribution in [0.1, 0.15) is 40.0 Å². The van der Waals surface area contributed by atoms with Crippen molar-refractivity contribution in [3.63, 3.8) is 0 Å². The maximum absolute atomic E-state index is 11.8. The third-order valence-electron chi connectivity index (χ3n) is 2.29. The van der Waals surface area contributed by atoms with Crippen molar-refractivity contribution in [1.82, 2.24) is 5.32 Å². The number of carbonyl (C=O) groups is 3. The highest BCUT2D eigenvalue weighted by atomic mass is 16.5. The van der Waals surface area contributed by atoms with Crippen molar-refractivity contribution in [3.8, 4) is 0 Å². The summed E-state index contributed by atoms with van der Waals surface area (Å²) in [5.41, 5.74) is 0. The summed E-state index contributed by atoms with van der Waals surface area (Å²) in [4.78, 5) is 34.4. The Morgan fingerprint density at radius 2 is 1.90 bits per heavy atom. The molecule has 0 heterocycles. The summed E-state index contributed by atoms with van der Waals surface area (Å²) in [6, 6.07) is -0.951. The van der Waals surface area contributed by atoms with Crippen molar-refractivity contribution in [1.29, 1.82) is 5.41 Å². The fraction of sp³-hybridized carbons (Fsp3) is 0.692. The maximum Gasteiger partial charge on any atom is 0.328 e. The van der Waals surface area contributed by atoms with Crippen molar-refractivity contribution in [2.24, 2.45) is 0 Å². The summed E-state index contributed by atoms with van der Waals surface area (Å²) < 4.78 is 5.00. The summed E-state index contributed by atoms with van der Waals surface area (Å²) in [5.74, 6) is -1.55. The van der Waals surface area contributed by atoms with Gasteiger partial charge in [0.15, 0.2) is 5.78 Å². The molecule has 0 rings (SSSR count). The molecule has 0 aromatic rings. The molecule has 3 N–H and O–H groups in total. The van der Waals surface area contributed by atoms with Gasteiger partial charge >= 0.3 is 5.97 Å². The van der Waals surface area contributed by atoms with Crippen LogP contribution >= 0.6 is 0 Å². The lowest BCUT2D eigenvalue weighted by atomic mass is 10.1. The number of hydrogen-bond acceptors (Lipinski definition) is 6. The first-order chi connectivity index (χ1) is 9.26. The predicted molar refractivity (Wildman–Crippen MR) is 72.5 cm³/mol. The Kier molecular flexibility index (Phi) is 8.38. The van der Waals surface area contributed by atoms with Crippen LogP contribution in [0.2, 0.25) is 0 Å². The second-order valence-electron chi connectivity index (χ2n) is 4.81. The van der Waals surface area contributed by atoms with Crippen LogP contribution < -0.4 is 5.32 Å². The first kappa shape index (κ1) is 18.2. The van der Waals surface area contributed by atoms with Crippen LogP contribution in [0.4, 0.5) is 0 Å². The van der Waals surface area contributed by atoms with Crippen molar-refractivity contribution < 1.29 is 24.2 Å². The molecule has 20 heavy (non-hydrogen) atoms. The fourth-order valence-electron chi connectivity index (χ4n) is 1.44. The number of Topliss-reactive ketones (excluding diaryl/α,β-unsaturated/α-hetero) is 1. The zero-order valence-corrected chi connectivity index (χ0v) is 12.0. The number of amides is 1. The topological polar surface area (TPSA) is 117 Å². The number of nitrogens with one attached hydrogen (secondary N) is 2. The Morgan fingerprint density at radius 3 is 2.35 bits per heavy atom. The van der Waals surface area contributed by atoms with Gasteiger partial charge in [0.2, 0.25) is 5.91 Å². The van der Waals surface area contributed by atoms with E-state index in [2.05, 4.69) is 5.32 Å². The molecule has 0 saturated carbocycles. The zero-order valence-electron chi connectivity index (χ0n) is 12.0. The number of aliphatic hydroxyl groups excluding tert-OH is 1. The smallest absolute Gasteiger partial charge is 0.328 e. The highest BCUT2D eigenvalue weighted by molar-refractivity contribution is 6.26. The van der Waals surface area contributed by atoms with Gasteiger partial charge in [0.1, 0.15) is 6.04 Å². The minimum Gasteiger partial charge on any atom is -0.461 e. The molecule has 0 bridgehead atoms. The van der Waals surface area contributed by atoms with Gasteiger partial charge in [-0.05, 0) is 27.2 Å². The molecule has 7 nitrogen and oxygen atoms in total. The number of carbonyl (C=O) groups excluding carboxylic acids is 3. The molecule has 0 aromatic carbocycles. The van der Waals surface area contributed by atoms with Crippen molar-refractivity contribution in [2.75, 3.05) is 0 Å². The quantitative estimate of drug-likeness (QED) is 0.413. The van der Waals surface area contributed by atoms with Gasteiger partial charge in [0, 0.05) is 6.42 Å². The second kappa shape index (κ2) is 9.19. The third-order valence-corrected chi connectivity index (χ3v) is 2.29. The minimum absolute atomic E-state index is 0.0314. The summed E-state index contributed by atoms with van der Waals surface area (Å²) in [5, 5.41) is 18.3. The standard InChI is InChI=1S/C13H22N2O5/c1-8(2)20-13(19)11(5-4-10(17)7-14)15-12(18)6-9(3)16/h7-9,11,14,16H,4-6H2,1-3H3,(H,15,18)/t9-,11+/m1/s1.